The van der Waals surface area contributed by atoms with E-state index in [4.69, 9.17) is 10.5 Å². The predicted molar refractivity (Wildman–Crippen MR) is 54.1 cm³/mol. The van der Waals surface area contributed by atoms with Crippen molar-refractivity contribution in [1.82, 2.24) is 4.98 Å². The lowest BCUT2D eigenvalue weighted by molar-refractivity contribution is 0.0994. The number of ether oxygens (including phenoxy) is 1. The molecule has 2 rings (SSSR count). The van der Waals surface area contributed by atoms with Crippen LogP contribution in [0.5, 0.6) is 5.75 Å². The van der Waals surface area contributed by atoms with Gasteiger partial charge in [-0.05, 0) is 34.8 Å². The van der Waals surface area contributed by atoms with E-state index >= 15 is 0 Å². The normalized spacial score (nSPS) is 15.2. The Balaban J connectivity index is 2.20. The van der Waals surface area contributed by atoms with Crippen molar-refractivity contribution in [3.05, 3.63) is 22.4 Å². The number of hydrogen-bond donors (Lipinski definition) is 1. The van der Waals surface area contributed by atoms with E-state index in [0.29, 0.717) is 16.3 Å². The van der Waals surface area contributed by atoms with Gasteiger partial charge in [-0.3, -0.25) is 4.79 Å². The molecule has 0 radical (unpaired) electrons. The number of hydrogen-bond acceptors (Lipinski definition) is 3. The topological polar surface area (TPSA) is 65.2 Å². The molecule has 5 heteroatoms. The Bertz CT molecular complexity index is 377. The van der Waals surface area contributed by atoms with Gasteiger partial charge in [0.2, 0.25) is 0 Å². The monoisotopic (exact) mass is 256 g/mol. The molecule has 0 bridgehead atoms. The number of rotatable bonds is 3. The molecular formula is C9H9BrN2O2. The number of primary amides is 1. The van der Waals surface area contributed by atoms with Crippen molar-refractivity contribution in [1.29, 1.82) is 0 Å². The molecule has 1 amide bonds. The van der Waals surface area contributed by atoms with Crippen molar-refractivity contribution in [2.75, 3.05) is 0 Å². The molecule has 14 heavy (non-hydrogen) atoms. The highest BCUT2D eigenvalue weighted by molar-refractivity contribution is 9.10. The van der Waals surface area contributed by atoms with Crippen LogP contribution in [0.2, 0.25) is 0 Å². The van der Waals surface area contributed by atoms with Crippen LogP contribution in [0.25, 0.3) is 0 Å². The minimum Gasteiger partial charge on any atom is -0.489 e. The van der Waals surface area contributed by atoms with E-state index in [-0.39, 0.29) is 5.69 Å². The molecule has 4 nitrogen and oxygen atoms in total. The van der Waals surface area contributed by atoms with Gasteiger partial charge < -0.3 is 10.5 Å². The summed E-state index contributed by atoms with van der Waals surface area (Å²) in [7, 11) is 0. The largest absolute Gasteiger partial charge is 0.489 e. The molecule has 0 unspecified atom stereocenters. The molecule has 1 aliphatic carbocycles. The molecular weight excluding hydrogens is 248 g/mol. The van der Waals surface area contributed by atoms with Gasteiger partial charge in [-0.1, -0.05) is 0 Å². The van der Waals surface area contributed by atoms with E-state index < -0.39 is 5.91 Å². The summed E-state index contributed by atoms with van der Waals surface area (Å²) in [6.45, 7) is 0. The van der Waals surface area contributed by atoms with E-state index in [0.717, 1.165) is 12.8 Å². The van der Waals surface area contributed by atoms with Gasteiger partial charge in [0.1, 0.15) is 11.4 Å². The molecule has 1 aromatic rings. The number of pyridine rings is 1. The van der Waals surface area contributed by atoms with Gasteiger partial charge in [0.15, 0.2) is 0 Å². The van der Waals surface area contributed by atoms with Crippen molar-refractivity contribution in [2.24, 2.45) is 5.73 Å². The second kappa shape index (κ2) is 3.57. The fourth-order valence-electron chi connectivity index (χ4n) is 1.04. The van der Waals surface area contributed by atoms with E-state index in [9.17, 15) is 4.79 Å². The summed E-state index contributed by atoms with van der Waals surface area (Å²) >= 11 is 3.21. The lowest BCUT2D eigenvalue weighted by Gasteiger charge is -2.05. The smallest absolute Gasteiger partial charge is 0.268 e. The first-order valence-corrected chi connectivity index (χ1v) is 5.08. The maximum absolute atomic E-state index is 10.9. The van der Waals surface area contributed by atoms with E-state index in [2.05, 4.69) is 20.9 Å². The average molecular weight is 257 g/mol. The number of carbonyl (C=O) groups excluding carboxylic acids is 1. The SMILES string of the molecule is NC(=O)c1ncc(OC2CC2)cc1Br. The first kappa shape index (κ1) is 9.45. The third-order valence-electron chi connectivity index (χ3n) is 1.88. The van der Waals surface area contributed by atoms with Gasteiger partial charge in [-0.15, -0.1) is 0 Å². The fraction of sp³-hybridized carbons (Fsp3) is 0.333. The van der Waals surface area contributed by atoms with Gasteiger partial charge in [0.05, 0.1) is 16.8 Å². The lowest BCUT2D eigenvalue weighted by atomic mass is 10.3. The summed E-state index contributed by atoms with van der Waals surface area (Å²) in [6.07, 6.45) is 4.02. The number of aromatic nitrogens is 1. The summed E-state index contributed by atoms with van der Waals surface area (Å²) in [5.74, 6) is 0.124. The third kappa shape index (κ3) is 2.04. The molecule has 0 aromatic carbocycles. The second-order valence-corrected chi connectivity index (χ2v) is 4.04. The van der Waals surface area contributed by atoms with E-state index in [1.165, 1.54) is 6.20 Å². The van der Waals surface area contributed by atoms with Gasteiger partial charge >= 0.3 is 0 Å². The Kier molecular flexibility index (Phi) is 2.41. The molecule has 1 saturated carbocycles. The first-order valence-electron chi connectivity index (χ1n) is 4.29. The van der Waals surface area contributed by atoms with Crippen LogP contribution in [0.1, 0.15) is 23.3 Å². The molecule has 2 N–H and O–H groups in total. The van der Waals surface area contributed by atoms with Crippen LogP contribution in [0.3, 0.4) is 0 Å². The summed E-state index contributed by atoms with van der Waals surface area (Å²) in [6, 6.07) is 1.71. The Morgan fingerprint density at radius 1 is 1.64 bits per heavy atom. The first-order chi connectivity index (χ1) is 6.66. The summed E-state index contributed by atoms with van der Waals surface area (Å²) in [5, 5.41) is 0. The zero-order valence-electron chi connectivity index (χ0n) is 7.37. The van der Waals surface area contributed by atoms with Crippen LogP contribution in [-0.4, -0.2) is 17.0 Å². The summed E-state index contributed by atoms with van der Waals surface area (Å²) < 4.78 is 6.07. The number of amides is 1. The van der Waals surface area contributed by atoms with Crippen molar-refractivity contribution < 1.29 is 9.53 Å². The van der Waals surface area contributed by atoms with E-state index in [1.54, 1.807) is 6.07 Å². The minimum atomic E-state index is -0.546. The Hall–Kier alpha value is -1.10. The number of nitrogens with two attached hydrogens (primary N) is 1. The fourth-order valence-corrected chi connectivity index (χ4v) is 1.57. The van der Waals surface area contributed by atoms with Crippen molar-refractivity contribution in [3.8, 4) is 5.75 Å². The second-order valence-electron chi connectivity index (χ2n) is 3.18. The van der Waals surface area contributed by atoms with Gasteiger partial charge in [-0.2, -0.15) is 0 Å². The van der Waals surface area contributed by atoms with Gasteiger partial charge in [-0.25, -0.2) is 4.98 Å². The lowest BCUT2D eigenvalue weighted by Crippen LogP contribution is -2.13. The quantitative estimate of drug-likeness (QED) is 0.891. The average Bonchev–Trinajstić information content (AvgIpc) is 2.87. The summed E-state index contributed by atoms with van der Waals surface area (Å²) in [5.41, 5.74) is 5.34. The predicted octanol–water partition coefficient (Wildman–Crippen LogP) is 1.48. The number of carbonyl (C=O) groups is 1. The molecule has 0 spiro atoms. The standard InChI is InChI=1S/C9H9BrN2O2/c10-7-3-6(14-5-1-2-5)4-12-8(7)9(11)13/h3-5H,1-2H2,(H2,11,13). The number of nitrogens with zero attached hydrogens (tertiary/aromatic N) is 1. The molecule has 1 aromatic heterocycles. The molecule has 1 fully saturated rings. The highest BCUT2D eigenvalue weighted by Gasteiger charge is 2.24. The van der Waals surface area contributed by atoms with Crippen LogP contribution < -0.4 is 10.5 Å². The zero-order valence-corrected chi connectivity index (χ0v) is 8.95. The van der Waals surface area contributed by atoms with Crippen LogP contribution >= 0.6 is 15.9 Å². The Morgan fingerprint density at radius 2 is 2.36 bits per heavy atom. The number of halogens is 1. The molecule has 1 heterocycles. The minimum absolute atomic E-state index is 0.230. The van der Waals surface area contributed by atoms with E-state index in [1.807, 2.05) is 0 Å². The molecule has 74 valence electrons. The van der Waals surface area contributed by atoms with Crippen molar-refractivity contribution in [3.63, 3.8) is 0 Å². The summed E-state index contributed by atoms with van der Waals surface area (Å²) in [4.78, 5) is 14.8. The van der Waals surface area contributed by atoms with Crippen LogP contribution in [0.15, 0.2) is 16.7 Å². The molecule has 0 aliphatic heterocycles. The molecule has 0 atom stereocenters. The molecule has 1 aliphatic rings. The Morgan fingerprint density at radius 3 is 2.86 bits per heavy atom. The molecule has 0 saturated heterocycles. The highest BCUT2D eigenvalue weighted by Crippen LogP contribution is 2.28. The van der Waals surface area contributed by atoms with Crippen LogP contribution in [0.4, 0.5) is 0 Å². The Labute approximate surface area is 89.6 Å². The third-order valence-corrected chi connectivity index (χ3v) is 2.48. The van der Waals surface area contributed by atoms with Crippen molar-refractivity contribution >= 4 is 21.8 Å². The zero-order chi connectivity index (χ0) is 10.1. The van der Waals surface area contributed by atoms with Crippen LogP contribution in [0, 0.1) is 0 Å². The van der Waals surface area contributed by atoms with Crippen LogP contribution in [-0.2, 0) is 0 Å². The maximum Gasteiger partial charge on any atom is 0.268 e. The van der Waals surface area contributed by atoms with Crippen molar-refractivity contribution in [2.45, 2.75) is 18.9 Å². The van der Waals surface area contributed by atoms with Gasteiger partial charge in [0.25, 0.3) is 5.91 Å². The van der Waals surface area contributed by atoms with Gasteiger partial charge in [0, 0.05) is 0 Å². The highest BCUT2D eigenvalue weighted by atomic mass is 79.9. The maximum atomic E-state index is 10.9.